The Hall–Kier alpha value is -1.35. The van der Waals surface area contributed by atoms with Crippen LogP contribution in [0.3, 0.4) is 0 Å². The van der Waals surface area contributed by atoms with E-state index in [1.54, 1.807) is 13.0 Å². The maximum atomic E-state index is 11.3. The van der Waals surface area contributed by atoms with Crippen molar-refractivity contribution in [2.75, 3.05) is 18.1 Å². The topological polar surface area (TPSA) is 86.3 Å². The minimum atomic E-state index is -1.72. The average molecular weight is 241 g/mol. The first-order chi connectivity index (χ1) is 7.61. The van der Waals surface area contributed by atoms with Crippen molar-refractivity contribution in [2.45, 2.75) is 19.8 Å². The molecule has 0 aliphatic carbocycles. The fourth-order valence-corrected chi connectivity index (χ4v) is 3.46. The minimum absolute atomic E-state index is 0.118. The molecule has 0 unspecified atom stereocenters. The number of carbonyl (C=O) groups excluding carboxylic acids is 1. The van der Waals surface area contributed by atoms with E-state index >= 15 is 0 Å². The molecule has 1 aliphatic heterocycles. The number of ether oxygens (including phenoxy) is 1. The maximum absolute atomic E-state index is 11.3. The number of hydrogen-bond acceptors (Lipinski definition) is 5. The predicted octanol–water partition coefficient (Wildman–Crippen LogP) is 1.85. The molecule has 0 atom stereocenters. The van der Waals surface area contributed by atoms with E-state index in [4.69, 9.17) is 14.8 Å². The molecule has 6 heteroatoms. The molecule has 1 rings (SSSR count). The lowest BCUT2D eigenvalue weighted by Crippen LogP contribution is -2.06. The lowest BCUT2D eigenvalue weighted by Gasteiger charge is -2.01. The van der Waals surface area contributed by atoms with E-state index in [2.05, 4.69) is 4.36 Å². The van der Waals surface area contributed by atoms with Gasteiger partial charge in [-0.1, -0.05) is 9.62 Å². The van der Waals surface area contributed by atoms with Gasteiger partial charge in [0.25, 0.3) is 0 Å². The molecule has 16 heavy (non-hydrogen) atoms. The van der Waals surface area contributed by atoms with Crippen molar-refractivity contribution < 1.29 is 9.53 Å². The van der Waals surface area contributed by atoms with Crippen LogP contribution in [0.15, 0.2) is 16.1 Å². The molecule has 0 radical (unpaired) electrons. The summed E-state index contributed by atoms with van der Waals surface area (Å²) in [6, 6.07) is 1.75. The molecular formula is C10H15N3O2S. The zero-order chi connectivity index (χ0) is 12.0. The number of esters is 1. The van der Waals surface area contributed by atoms with Gasteiger partial charge in [-0.25, -0.2) is 9.16 Å². The molecule has 1 fully saturated rings. The van der Waals surface area contributed by atoms with Gasteiger partial charge in [-0.3, -0.25) is 4.78 Å². The van der Waals surface area contributed by atoms with Crippen LogP contribution in [0.5, 0.6) is 0 Å². The first kappa shape index (κ1) is 12.7. The normalized spacial score (nSPS) is 18.9. The minimum Gasteiger partial charge on any atom is -0.462 e. The molecule has 1 heterocycles. The van der Waals surface area contributed by atoms with Gasteiger partial charge in [0, 0.05) is 11.5 Å². The van der Waals surface area contributed by atoms with Crippen molar-refractivity contribution >= 4 is 15.6 Å². The van der Waals surface area contributed by atoms with Gasteiger partial charge in [0.1, 0.15) is 6.07 Å². The first-order valence-electron chi connectivity index (χ1n) is 5.14. The summed E-state index contributed by atoms with van der Waals surface area (Å²) in [6.07, 6.45) is 3.24. The molecular weight excluding hydrogens is 226 g/mol. The molecule has 5 nitrogen and oxygen atoms in total. The van der Waals surface area contributed by atoms with Crippen molar-refractivity contribution in [1.82, 2.24) is 0 Å². The SMILES string of the molecule is CCOC(=O)/C(C#N)=C\N=S1(=N)CCCC1. The van der Waals surface area contributed by atoms with E-state index in [1.165, 1.54) is 6.20 Å². The summed E-state index contributed by atoms with van der Waals surface area (Å²) in [4.78, 5) is 11.3. The van der Waals surface area contributed by atoms with Crippen LogP contribution in [0, 0.1) is 16.1 Å². The highest BCUT2D eigenvalue weighted by atomic mass is 32.2. The van der Waals surface area contributed by atoms with E-state index in [0.29, 0.717) is 0 Å². The third-order valence-electron chi connectivity index (χ3n) is 2.21. The molecule has 0 spiro atoms. The van der Waals surface area contributed by atoms with Gasteiger partial charge in [0.05, 0.1) is 12.8 Å². The molecule has 0 bridgehead atoms. The largest absolute Gasteiger partial charge is 0.462 e. The lowest BCUT2D eigenvalue weighted by atomic mass is 10.3. The summed E-state index contributed by atoms with van der Waals surface area (Å²) in [5.74, 6) is 0.880. The fraction of sp³-hybridized carbons (Fsp3) is 0.600. The summed E-state index contributed by atoms with van der Waals surface area (Å²) >= 11 is 0. The molecule has 0 aromatic heterocycles. The van der Waals surface area contributed by atoms with Gasteiger partial charge in [0.15, 0.2) is 5.57 Å². The average Bonchev–Trinajstić information content (AvgIpc) is 2.67. The van der Waals surface area contributed by atoms with E-state index in [0.717, 1.165) is 24.3 Å². The summed E-state index contributed by atoms with van der Waals surface area (Å²) in [5.41, 5.74) is -0.118. The van der Waals surface area contributed by atoms with E-state index in [9.17, 15) is 4.79 Å². The molecule has 88 valence electrons. The zero-order valence-corrected chi connectivity index (χ0v) is 10.0. The van der Waals surface area contributed by atoms with Gasteiger partial charge in [-0.05, 0) is 19.8 Å². The molecule has 0 aromatic rings. The highest BCUT2D eigenvalue weighted by Crippen LogP contribution is 2.15. The van der Waals surface area contributed by atoms with Crippen LogP contribution in [0.25, 0.3) is 0 Å². The van der Waals surface area contributed by atoms with Crippen LogP contribution in [0.1, 0.15) is 19.8 Å². The fourth-order valence-electron chi connectivity index (χ4n) is 1.38. The number of nitrogens with zero attached hydrogens (tertiary/aromatic N) is 2. The van der Waals surface area contributed by atoms with Gasteiger partial charge in [-0.2, -0.15) is 5.26 Å². The molecule has 1 saturated heterocycles. The molecule has 0 saturated carbocycles. The van der Waals surface area contributed by atoms with Crippen molar-refractivity contribution in [3.8, 4) is 6.07 Å². The Morgan fingerprint density at radius 3 is 2.75 bits per heavy atom. The Bertz CT molecular complexity index is 441. The summed E-state index contributed by atoms with van der Waals surface area (Å²) < 4.78 is 16.8. The van der Waals surface area contributed by atoms with E-state index in [-0.39, 0.29) is 12.2 Å². The van der Waals surface area contributed by atoms with E-state index < -0.39 is 15.6 Å². The highest BCUT2D eigenvalue weighted by Gasteiger charge is 2.13. The second-order valence-corrected chi connectivity index (χ2v) is 6.15. The Labute approximate surface area is 95.7 Å². The molecule has 0 aromatic carbocycles. The third-order valence-corrected chi connectivity index (χ3v) is 4.65. The van der Waals surface area contributed by atoms with Crippen molar-refractivity contribution in [1.29, 1.82) is 10.0 Å². The first-order valence-corrected chi connectivity index (χ1v) is 7.07. The Balaban J connectivity index is 2.86. The summed E-state index contributed by atoms with van der Waals surface area (Å²) in [5, 5.41) is 8.75. The van der Waals surface area contributed by atoms with Crippen LogP contribution >= 0.6 is 0 Å². The van der Waals surface area contributed by atoms with Crippen molar-refractivity contribution in [3.05, 3.63) is 11.8 Å². The quantitative estimate of drug-likeness (QED) is 0.464. The number of rotatable bonds is 3. The second-order valence-electron chi connectivity index (χ2n) is 3.44. The Morgan fingerprint density at radius 2 is 2.25 bits per heavy atom. The van der Waals surface area contributed by atoms with Crippen LogP contribution < -0.4 is 0 Å². The van der Waals surface area contributed by atoms with Crippen LogP contribution in [0.4, 0.5) is 0 Å². The number of nitriles is 1. The summed E-state index contributed by atoms with van der Waals surface area (Å²) in [7, 11) is -1.72. The molecule has 1 aliphatic rings. The number of carbonyl (C=O) groups is 1. The lowest BCUT2D eigenvalue weighted by molar-refractivity contribution is -0.138. The summed E-state index contributed by atoms with van der Waals surface area (Å²) in [6.45, 7) is 1.91. The van der Waals surface area contributed by atoms with Crippen LogP contribution in [-0.2, 0) is 19.2 Å². The third kappa shape index (κ3) is 3.35. The zero-order valence-electron chi connectivity index (χ0n) is 9.23. The monoisotopic (exact) mass is 241 g/mol. The number of hydrogen-bond donors (Lipinski definition) is 1. The van der Waals surface area contributed by atoms with Crippen LogP contribution in [-0.4, -0.2) is 24.1 Å². The van der Waals surface area contributed by atoms with Crippen LogP contribution in [0.2, 0.25) is 0 Å². The molecule has 1 N–H and O–H groups in total. The van der Waals surface area contributed by atoms with Gasteiger partial charge in [0.2, 0.25) is 0 Å². The smallest absolute Gasteiger partial charge is 0.350 e. The Morgan fingerprint density at radius 1 is 1.62 bits per heavy atom. The van der Waals surface area contributed by atoms with Crippen molar-refractivity contribution in [3.63, 3.8) is 0 Å². The van der Waals surface area contributed by atoms with Crippen molar-refractivity contribution in [2.24, 2.45) is 4.36 Å². The van der Waals surface area contributed by atoms with E-state index in [1.807, 2.05) is 0 Å². The number of nitrogens with one attached hydrogen (secondary N) is 1. The standard InChI is InChI=1S/C10H15N3O2S/c1-2-15-10(14)9(7-11)8-13-16(12)5-3-4-6-16/h8,12H,2-6H2,1H3/b9-8-. The highest BCUT2D eigenvalue weighted by molar-refractivity contribution is 7.94. The van der Waals surface area contributed by atoms with Gasteiger partial charge < -0.3 is 4.74 Å². The van der Waals surface area contributed by atoms with Gasteiger partial charge >= 0.3 is 5.97 Å². The predicted molar refractivity (Wildman–Crippen MR) is 61.8 cm³/mol. The molecule has 0 amide bonds. The maximum Gasteiger partial charge on any atom is 0.350 e. The Kier molecular flexibility index (Phi) is 4.50. The van der Waals surface area contributed by atoms with Gasteiger partial charge in [-0.15, -0.1) is 0 Å². The second kappa shape index (κ2) is 5.66.